The van der Waals surface area contributed by atoms with E-state index in [1.54, 1.807) is 6.07 Å². The number of hydrogen-bond acceptors (Lipinski definition) is 1. The Morgan fingerprint density at radius 3 is 2.62 bits per heavy atom. The van der Waals surface area contributed by atoms with Crippen molar-refractivity contribution >= 4 is 23.2 Å². The third-order valence-corrected chi connectivity index (χ3v) is 3.28. The minimum Gasteiger partial charge on any atom is -0.325 e. The lowest BCUT2D eigenvalue weighted by molar-refractivity contribution is 0.731. The quantitative estimate of drug-likeness (QED) is 0.792. The molecule has 0 amide bonds. The SMILES string of the molecule is CCn1[c]nc(-c2ccc(Cl)c(Cl)c2)c1C. The number of hydrogen-bond donors (Lipinski definition) is 0. The van der Waals surface area contributed by atoms with Gasteiger partial charge in [0.2, 0.25) is 0 Å². The molecule has 0 spiro atoms. The van der Waals surface area contributed by atoms with Crippen LogP contribution in [0.2, 0.25) is 10.0 Å². The van der Waals surface area contributed by atoms with Crippen LogP contribution in [0.4, 0.5) is 0 Å². The van der Waals surface area contributed by atoms with Crippen LogP contribution >= 0.6 is 23.2 Å². The lowest BCUT2D eigenvalue weighted by Crippen LogP contribution is -1.94. The molecule has 2 nitrogen and oxygen atoms in total. The van der Waals surface area contributed by atoms with Crippen molar-refractivity contribution in [1.82, 2.24) is 9.55 Å². The summed E-state index contributed by atoms with van der Waals surface area (Å²) in [5.41, 5.74) is 2.96. The first-order valence-electron chi connectivity index (χ1n) is 5.03. The van der Waals surface area contributed by atoms with Crippen LogP contribution in [0.5, 0.6) is 0 Å². The van der Waals surface area contributed by atoms with Crippen LogP contribution in [0, 0.1) is 13.3 Å². The summed E-state index contributed by atoms with van der Waals surface area (Å²) in [4.78, 5) is 4.26. The van der Waals surface area contributed by atoms with E-state index in [2.05, 4.69) is 18.2 Å². The number of nitrogens with zero attached hydrogens (tertiary/aromatic N) is 2. The van der Waals surface area contributed by atoms with Crippen molar-refractivity contribution in [2.75, 3.05) is 0 Å². The van der Waals surface area contributed by atoms with Gasteiger partial charge < -0.3 is 4.57 Å². The highest BCUT2D eigenvalue weighted by molar-refractivity contribution is 6.42. The van der Waals surface area contributed by atoms with Crippen LogP contribution in [0.25, 0.3) is 11.3 Å². The van der Waals surface area contributed by atoms with Crippen LogP contribution in [0.1, 0.15) is 12.6 Å². The molecule has 16 heavy (non-hydrogen) atoms. The average molecular weight is 254 g/mol. The van der Waals surface area contributed by atoms with Gasteiger partial charge in [-0.15, -0.1) is 0 Å². The van der Waals surface area contributed by atoms with Gasteiger partial charge in [0, 0.05) is 17.8 Å². The van der Waals surface area contributed by atoms with Gasteiger partial charge >= 0.3 is 0 Å². The third-order valence-electron chi connectivity index (χ3n) is 2.54. The number of benzene rings is 1. The fourth-order valence-corrected chi connectivity index (χ4v) is 1.92. The Labute approximate surface area is 105 Å². The summed E-state index contributed by atoms with van der Waals surface area (Å²) in [5.74, 6) is 0. The molecule has 2 aromatic rings. The Morgan fingerprint density at radius 2 is 2.06 bits per heavy atom. The Kier molecular flexibility index (Phi) is 3.22. The Bertz CT molecular complexity index is 518. The van der Waals surface area contributed by atoms with Crippen molar-refractivity contribution in [3.8, 4) is 11.3 Å². The number of aryl methyl sites for hydroxylation is 1. The molecule has 4 heteroatoms. The van der Waals surface area contributed by atoms with E-state index >= 15 is 0 Å². The molecule has 2 rings (SSSR count). The summed E-state index contributed by atoms with van der Waals surface area (Å²) in [6, 6.07) is 5.52. The first kappa shape index (κ1) is 11.5. The maximum Gasteiger partial charge on any atom is 0.177 e. The molecule has 0 saturated heterocycles. The summed E-state index contributed by atoms with van der Waals surface area (Å²) in [5, 5.41) is 1.10. The number of rotatable bonds is 2. The van der Waals surface area contributed by atoms with Gasteiger partial charge in [0.15, 0.2) is 6.33 Å². The second-order valence-electron chi connectivity index (χ2n) is 3.52. The zero-order valence-corrected chi connectivity index (χ0v) is 10.6. The Balaban J connectivity index is 2.50. The van der Waals surface area contributed by atoms with Gasteiger partial charge in [-0.3, -0.25) is 0 Å². The van der Waals surface area contributed by atoms with Crippen molar-refractivity contribution in [3.63, 3.8) is 0 Å². The zero-order chi connectivity index (χ0) is 11.7. The average Bonchev–Trinajstić information content (AvgIpc) is 2.64. The van der Waals surface area contributed by atoms with Gasteiger partial charge in [-0.1, -0.05) is 29.3 Å². The molecule has 1 heterocycles. The van der Waals surface area contributed by atoms with E-state index in [4.69, 9.17) is 23.2 Å². The molecular weight excluding hydrogens is 243 g/mol. The standard InChI is InChI=1S/C12H11Cl2N2/c1-3-16-7-15-12(8(16)2)9-4-5-10(13)11(14)6-9/h4-6H,3H2,1-2H3. The molecular formula is C12H11Cl2N2. The van der Waals surface area contributed by atoms with Gasteiger partial charge in [-0.05, 0) is 26.0 Å². The molecule has 0 unspecified atom stereocenters. The highest BCUT2D eigenvalue weighted by Gasteiger charge is 2.09. The largest absolute Gasteiger partial charge is 0.325 e. The normalized spacial score (nSPS) is 10.8. The first-order chi connectivity index (χ1) is 7.63. The molecule has 1 aromatic carbocycles. The summed E-state index contributed by atoms with van der Waals surface area (Å²) in [6.45, 7) is 4.94. The Hall–Kier alpha value is -0.990. The maximum atomic E-state index is 5.98. The highest BCUT2D eigenvalue weighted by Crippen LogP contribution is 2.29. The lowest BCUT2D eigenvalue weighted by atomic mass is 10.1. The van der Waals surface area contributed by atoms with Crippen LogP contribution in [0.15, 0.2) is 18.2 Å². The second kappa shape index (κ2) is 4.48. The minimum absolute atomic E-state index is 0.546. The van der Waals surface area contributed by atoms with E-state index in [-0.39, 0.29) is 0 Å². The van der Waals surface area contributed by atoms with E-state index in [0.29, 0.717) is 10.0 Å². The van der Waals surface area contributed by atoms with Crippen LogP contribution < -0.4 is 0 Å². The molecule has 0 fully saturated rings. The molecule has 0 N–H and O–H groups in total. The van der Waals surface area contributed by atoms with Crippen molar-refractivity contribution in [2.24, 2.45) is 0 Å². The van der Waals surface area contributed by atoms with Gasteiger partial charge in [-0.25, -0.2) is 4.98 Å². The third kappa shape index (κ3) is 1.95. The van der Waals surface area contributed by atoms with Crippen molar-refractivity contribution in [3.05, 3.63) is 40.3 Å². The van der Waals surface area contributed by atoms with E-state index in [9.17, 15) is 0 Å². The highest BCUT2D eigenvalue weighted by atomic mass is 35.5. The smallest absolute Gasteiger partial charge is 0.177 e. The topological polar surface area (TPSA) is 17.8 Å². The summed E-state index contributed by atoms with van der Waals surface area (Å²) >= 11 is 11.9. The molecule has 0 aliphatic heterocycles. The summed E-state index contributed by atoms with van der Waals surface area (Å²) < 4.78 is 1.97. The molecule has 83 valence electrons. The van der Waals surface area contributed by atoms with Crippen molar-refractivity contribution in [1.29, 1.82) is 0 Å². The molecule has 1 aromatic heterocycles. The molecule has 0 aliphatic rings. The Morgan fingerprint density at radius 1 is 1.31 bits per heavy atom. The molecule has 0 saturated carbocycles. The van der Waals surface area contributed by atoms with Gasteiger partial charge in [0.05, 0.1) is 15.7 Å². The minimum atomic E-state index is 0.546. The molecule has 0 bridgehead atoms. The second-order valence-corrected chi connectivity index (χ2v) is 4.33. The van der Waals surface area contributed by atoms with Gasteiger partial charge in [-0.2, -0.15) is 0 Å². The van der Waals surface area contributed by atoms with Crippen LogP contribution in [-0.2, 0) is 6.54 Å². The zero-order valence-electron chi connectivity index (χ0n) is 9.09. The number of halogens is 2. The van der Waals surface area contributed by atoms with Crippen molar-refractivity contribution in [2.45, 2.75) is 20.4 Å². The van der Waals surface area contributed by atoms with Crippen molar-refractivity contribution < 1.29 is 0 Å². The van der Waals surface area contributed by atoms with Gasteiger partial charge in [0.25, 0.3) is 0 Å². The number of aromatic nitrogens is 2. The summed E-state index contributed by atoms with van der Waals surface area (Å²) in [6.07, 6.45) is 2.95. The molecule has 0 atom stereocenters. The van der Waals surface area contributed by atoms with E-state index in [1.807, 2.05) is 23.6 Å². The fraction of sp³-hybridized carbons (Fsp3) is 0.250. The lowest BCUT2D eigenvalue weighted by Gasteiger charge is -2.03. The van der Waals surface area contributed by atoms with Gasteiger partial charge in [0.1, 0.15) is 0 Å². The molecule has 0 aliphatic carbocycles. The van der Waals surface area contributed by atoms with E-state index in [0.717, 1.165) is 23.5 Å². The maximum absolute atomic E-state index is 5.98. The number of imidazole rings is 1. The molecule has 1 radical (unpaired) electrons. The monoisotopic (exact) mass is 253 g/mol. The van der Waals surface area contributed by atoms with Crippen LogP contribution in [-0.4, -0.2) is 9.55 Å². The predicted molar refractivity (Wildman–Crippen MR) is 66.9 cm³/mol. The van der Waals surface area contributed by atoms with E-state index < -0.39 is 0 Å². The predicted octanol–water partition coefficient (Wildman–Crippen LogP) is 3.99. The van der Waals surface area contributed by atoms with E-state index in [1.165, 1.54) is 0 Å². The van der Waals surface area contributed by atoms with Crippen LogP contribution in [0.3, 0.4) is 0 Å². The fourth-order valence-electron chi connectivity index (χ4n) is 1.62. The first-order valence-corrected chi connectivity index (χ1v) is 5.79. The summed E-state index contributed by atoms with van der Waals surface area (Å²) in [7, 11) is 0.